The van der Waals surface area contributed by atoms with E-state index in [4.69, 9.17) is 71.4 Å². The first kappa shape index (κ1) is 62.0. The average Bonchev–Trinajstić information content (AvgIpc) is 1.15. The number of aromatic nitrogens is 6. The van der Waals surface area contributed by atoms with Gasteiger partial charge in [-0.05, 0) is 68.1 Å². The van der Waals surface area contributed by atoms with Crippen molar-refractivity contribution in [3.8, 4) is 52.6 Å². The van der Waals surface area contributed by atoms with E-state index < -0.39 is 42.1 Å². The number of imidazole rings is 1. The molecule has 0 spiro atoms. The predicted molar refractivity (Wildman–Crippen MR) is 321 cm³/mol. The van der Waals surface area contributed by atoms with E-state index in [1.165, 1.54) is 6.07 Å². The highest BCUT2D eigenvalue weighted by atomic mass is 35.5. The monoisotopic (exact) mass is 1230 g/mol. The Morgan fingerprint density at radius 3 is 2.51 bits per heavy atom. The molecule has 8 heterocycles. The fourth-order valence-corrected chi connectivity index (χ4v) is 11.9. The van der Waals surface area contributed by atoms with Crippen molar-refractivity contribution >= 4 is 62.3 Å². The third-order valence-corrected chi connectivity index (χ3v) is 16.3. The Bertz CT molecular complexity index is 3640. The minimum atomic E-state index is -0.730. The first-order chi connectivity index (χ1) is 42.8. The Balaban J connectivity index is 0.560. The van der Waals surface area contributed by atoms with Gasteiger partial charge in [-0.1, -0.05) is 55.1 Å². The summed E-state index contributed by atoms with van der Waals surface area (Å²) in [5.41, 5.74) is 9.09. The van der Waals surface area contributed by atoms with E-state index in [2.05, 4.69) is 53.3 Å². The highest BCUT2D eigenvalue weighted by molar-refractivity contribution is 6.33. The number of nitrogens with two attached hydrogens (primary N) is 1. The molecule has 2 amide bonds. The number of likely N-dealkylation sites (N-methyl/N-ethyl adjacent to an activating group) is 1. The second kappa shape index (κ2) is 28.7. The normalized spacial score (nSPS) is 21.9. The summed E-state index contributed by atoms with van der Waals surface area (Å²) in [6.07, 6.45) is 8.33. The van der Waals surface area contributed by atoms with Crippen LogP contribution >= 0.6 is 11.6 Å². The fourth-order valence-electron chi connectivity index (χ4n) is 11.6. The number of H-pyrrole nitrogens is 1. The molecule has 4 aromatic heterocycles. The molecule has 0 saturated carbocycles. The molecule has 0 radical (unpaired) electrons. The number of carbonyl (C=O) groups is 2. The van der Waals surface area contributed by atoms with Crippen LogP contribution < -0.4 is 35.5 Å². The SMILES string of the molecule is C#Cc1c(F)ccc2cccc(-c3ncc4c(N5CC(N)CCC5CCC)nc(OC[C@@H]5C[C@@H](OC(=O)NCCOCCOCCOCC(=O)NCCOc6ccc(-c7nc8nc(OC9CO[C@@H]%10[C@H](O)CO[C@H]9%10)[nH]c8cc7Cl)cc6)CN5C)nc4c3F)c12. The van der Waals surface area contributed by atoms with Crippen LogP contribution in [-0.4, -0.2) is 200 Å². The van der Waals surface area contributed by atoms with Crippen molar-refractivity contribution in [1.82, 2.24) is 45.4 Å². The van der Waals surface area contributed by atoms with E-state index >= 15 is 8.78 Å². The number of ether oxygens (including phenoxy) is 9. The molecular formula is C62H70ClF2N11O12. The number of nitrogens with one attached hydrogen (secondary N) is 3. The summed E-state index contributed by atoms with van der Waals surface area (Å²) in [7, 11) is 1.90. The molecule has 26 heteroatoms. The molecule has 8 atom stereocenters. The number of hydrogen-bond acceptors (Lipinski definition) is 20. The number of likely N-dealkylation sites (tertiary alicyclic amines) is 1. The first-order valence-corrected chi connectivity index (χ1v) is 29.9. The molecule has 4 saturated heterocycles. The summed E-state index contributed by atoms with van der Waals surface area (Å²) >= 11 is 6.62. The summed E-state index contributed by atoms with van der Waals surface area (Å²) in [5, 5.41) is 17.3. The largest absolute Gasteiger partial charge is 0.492 e. The Morgan fingerprint density at radius 1 is 0.898 bits per heavy atom. The van der Waals surface area contributed by atoms with Crippen LogP contribution in [0.25, 0.3) is 55.4 Å². The van der Waals surface area contributed by atoms with Crippen molar-refractivity contribution in [2.45, 2.75) is 87.7 Å². The number of nitrogens with zero attached hydrogens (tertiary/aromatic N) is 7. The summed E-state index contributed by atoms with van der Waals surface area (Å²) in [6, 6.07) is 17.0. The second-order valence-electron chi connectivity index (χ2n) is 22.1. The maximum absolute atomic E-state index is 17.1. The van der Waals surface area contributed by atoms with Crippen molar-refractivity contribution in [3.63, 3.8) is 0 Å². The zero-order valence-electron chi connectivity index (χ0n) is 48.8. The molecule has 11 rings (SSSR count). The van der Waals surface area contributed by atoms with E-state index in [0.29, 0.717) is 74.7 Å². The Kier molecular flexibility index (Phi) is 20.2. The van der Waals surface area contributed by atoms with Crippen LogP contribution in [0, 0.1) is 24.0 Å². The molecule has 0 aliphatic carbocycles. The standard InChI is InChI=1S/C62H70ClF2N11O12/c1-4-7-38-14-13-37(66)29-76(38)59-44-28-69-54(43-9-6-8-35-12-17-46(64)42(5-2)51(35)43)52(65)55(44)72-60(74-59)86-31-39-26-41(30-75(39)3)87-62(79)68-18-20-80-22-23-81-24-25-82-34-50(78)67-19-21-83-40-15-10-36(11-16-40)53-45(63)27-47-58(71-53)73-61(70-47)88-49-33-85-56-48(77)32-84-57(49)56/h2,6,8-12,15-17,27-28,37-39,41,48-49,56-57,77H,4,7,13-14,18-26,29-34,66H2,1,3H3,(H,67,78)(H,68,79)(H,70,71,73)/t37?,38?,39-,41+,48+,49?,56+,57+/m0/s1. The van der Waals surface area contributed by atoms with Crippen molar-refractivity contribution < 1.29 is 66.1 Å². The maximum Gasteiger partial charge on any atom is 0.407 e. The number of piperidine rings is 1. The summed E-state index contributed by atoms with van der Waals surface area (Å²) in [5.74, 6) is 1.86. The third-order valence-electron chi connectivity index (χ3n) is 16.0. The molecule has 4 aliphatic rings. The minimum absolute atomic E-state index is 0.0109. The highest BCUT2D eigenvalue weighted by Crippen LogP contribution is 2.39. The predicted octanol–water partition coefficient (Wildman–Crippen LogP) is 6.12. The molecule has 0 bridgehead atoms. The maximum atomic E-state index is 17.1. The number of halogens is 3. The number of terminal acetylenes is 1. The number of rotatable bonds is 26. The number of pyridine rings is 2. The van der Waals surface area contributed by atoms with Crippen LogP contribution in [-0.2, 0) is 33.2 Å². The molecule has 3 unspecified atom stereocenters. The Labute approximate surface area is 511 Å². The molecular weight excluding hydrogens is 1160 g/mol. The van der Waals surface area contributed by atoms with Gasteiger partial charge >= 0.3 is 12.1 Å². The number of fused-ring (bicyclic) bond motifs is 4. The van der Waals surface area contributed by atoms with Gasteiger partial charge in [0.25, 0.3) is 6.01 Å². The zero-order valence-corrected chi connectivity index (χ0v) is 49.5. The summed E-state index contributed by atoms with van der Waals surface area (Å²) in [6.45, 7) is 5.42. The van der Waals surface area contributed by atoms with Crippen molar-refractivity contribution in [2.75, 3.05) is 104 Å². The Morgan fingerprint density at radius 2 is 1.69 bits per heavy atom. The van der Waals surface area contributed by atoms with Gasteiger partial charge in [-0.15, -0.1) is 6.42 Å². The van der Waals surface area contributed by atoms with E-state index in [0.717, 1.165) is 31.2 Å². The second-order valence-corrected chi connectivity index (χ2v) is 22.5. The molecule has 23 nitrogen and oxygen atoms in total. The zero-order chi connectivity index (χ0) is 61.3. The van der Waals surface area contributed by atoms with Gasteiger partial charge in [-0.2, -0.15) is 15.0 Å². The van der Waals surface area contributed by atoms with E-state index in [-0.39, 0.29) is 138 Å². The lowest BCUT2D eigenvalue weighted by atomic mass is 9.95. The number of aliphatic hydroxyl groups excluding tert-OH is 1. The average molecular weight is 1230 g/mol. The molecule has 7 aromatic rings. The summed E-state index contributed by atoms with van der Waals surface area (Å²) in [4.78, 5) is 55.6. The van der Waals surface area contributed by atoms with Crippen LogP contribution in [0.4, 0.5) is 19.4 Å². The number of carbonyl (C=O) groups excluding carboxylic acids is 2. The number of alkyl carbamates (subject to hydrolysis) is 1. The van der Waals surface area contributed by atoms with E-state index in [1.807, 2.05) is 24.1 Å². The van der Waals surface area contributed by atoms with Crippen LogP contribution in [0.2, 0.25) is 5.02 Å². The van der Waals surface area contributed by atoms with Gasteiger partial charge in [0.1, 0.15) is 72.8 Å². The number of aliphatic hydroxyl groups is 1. The molecule has 6 N–H and O–H groups in total. The summed E-state index contributed by atoms with van der Waals surface area (Å²) < 4.78 is 83.9. The lowest BCUT2D eigenvalue weighted by molar-refractivity contribution is -0.126. The number of aromatic amines is 1. The van der Waals surface area contributed by atoms with Gasteiger partial charge in [0.15, 0.2) is 17.6 Å². The third kappa shape index (κ3) is 14.4. The lowest BCUT2D eigenvalue weighted by Crippen LogP contribution is -2.49. The number of anilines is 1. The van der Waals surface area contributed by atoms with E-state index in [1.54, 1.807) is 48.7 Å². The molecule has 466 valence electrons. The van der Waals surface area contributed by atoms with E-state index in [9.17, 15) is 14.7 Å². The first-order valence-electron chi connectivity index (χ1n) is 29.5. The van der Waals surface area contributed by atoms with Crippen molar-refractivity contribution in [3.05, 3.63) is 89.1 Å². The Hall–Kier alpha value is -7.64. The van der Waals surface area contributed by atoms with Gasteiger partial charge in [-0.3, -0.25) is 14.7 Å². The van der Waals surface area contributed by atoms with Crippen LogP contribution in [0.15, 0.2) is 66.9 Å². The fraction of sp³-hybridized carbons (Fsp3) is 0.468. The van der Waals surface area contributed by atoms with Gasteiger partial charge in [0.05, 0.1) is 80.0 Å². The minimum Gasteiger partial charge on any atom is -0.492 e. The van der Waals surface area contributed by atoms with Crippen molar-refractivity contribution in [1.29, 1.82) is 0 Å². The van der Waals surface area contributed by atoms with Crippen LogP contribution in [0.5, 0.6) is 17.8 Å². The number of benzene rings is 3. The molecule has 4 fully saturated rings. The highest BCUT2D eigenvalue weighted by Gasteiger charge is 2.49. The van der Waals surface area contributed by atoms with Gasteiger partial charge in [0, 0.05) is 66.9 Å². The molecule has 3 aromatic carbocycles. The number of amides is 2. The van der Waals surface area contributed by atoms with Gasteiger partial charge < -0.3 is 74.0 Å². The topological polar surface area (TPSA) is 274 Å². The van der Waals surface area contributed by atoms with Crippen LogP contribution in [0.3, 0.4) is 0 Å². The smallest absolute Gasteiger partial charge is 0.407 e. The van der Waals surface area contributed by atoms with Crippen LogP contribution in [0.1, 0.15) is 44.6 Å². The van der Waals surface area contributed by atoms with Gasteiger partial charge in [-0.25, -0.2) is 18.6 Å². The molecule has 88 heavy (non-hydrogen) atoms. The number of hydrogen-bond donors (Lipinski definition) is 5. The molecule has 4 aliphatic heterocycles. The van der Waals surface area contributed by atoms with Crippen molar-refractivity contribution in [2.24, 2.45) is 5.73 Å². The lowest BCUT2D eigenvalue weighted by Gasteiger charge is -2.40. The van der Waals surface area contributed by atoms with Gasteiger partial charge in [0.2, 0.25) is 5.91 Å². The quantitative estimate of drug-likeness (QED) is 0.0302.